The zero-order valence-electron chi connectivity index (χ0n) is 18.4. The van der Waals surface area contributed by atoms with E-state index in [1.165, 1.54) is 83.5 Å². The first-order chi connectivity index (χ1) is 13.7. The predicted octanol–water partition coefficient (Wildman–Crippen LogP) is 6.91. The number of ether oxygens (including phenoxy) is 2. The monoisotopic (exact) mass is 396 g/mol. The molecule has 0 heterocycles. The second-order valence-electron chi connectivity index (χ2n) is 7.65. The van der Waals surface area contributed by atoms with Gasteiger partial charge in [0, 0.05) is 18.9 Å². The number of carbonyl (C=O) groups excluding carboxylic acids is 2. The Bertz CT molecular complexity index is 379. The number of rotatable bonds is 21. The summed E-state index contributed by atoms with van der Waals surface area (Å²) >= 11 is 0. The van der Waals surface area contributed by atoms with Gasteiger partial charge in [0.05, 0.1) is 13.2 Å². The summed E-state index contributed by atoms with van der Waals surface area (Å²) in [5.41, 5.74) is 0. The van der Waals surface area contributed by atoms with E-state index in [1.54, 1.807) is 0 Å². The molecule has 0 aliphatic rings. The number of carbonyl (C=O) groups is 2. The molecule has 0 aromatic heterocycles. The Morgan fingerprint density at radius 1 is 0.643 bits per heavy atom. The third-order valence-corrected chi connectivity index (χ3v) is 4.95. The molecule has 0 N–H and O–H groups in total. The highest BCUT2D eigenvalue weighted by Crippen LogP contribution is 2.13. The van der Waals surface area contributed by atoms with Gasteiger partial charge in [-0.25, -0.2) is 4.79 Å². The molecule has 0 aliphatic heterocycles. The molecule has 0 saturated carbocycles. The summed E-state index contributed by atoms with van der Waals surface area (Å²) < 4.78 is 9.94. The SMILES string of the molecule is C=CC(=O)OCCCOC(=O)CCCCCCCCCCCCCCCCC. The lowest BCUT2D eigenvalue weighted by molar-refractivity contribution is -0.144. The van der Waals surface area contributed by atoms with Crippen LogP contribution in [0.5, 0.6) is 0 Å². The summed E-state index contributed by atoms with van der Waals surface area (Å²) in [4.78, 5) is 22.4. The maximum atomic E-state index is 11.6. The number of esters is 2. The molecule has 0 aromatic carbocycles. The average Bonchev–Trinajstić information content (AvgIpc) is 2.70. The van der Waals surface area contributed by atoms with Crippen LogP contribution in [0.3, 0.4) is 0 Å². The number of hydrogen-bond acceptors (Lipinski definition) is 4. The van der Waals surface area contributed by atoms with Gasteiger partial charge in [-0.3, -0.25) is 4.79 Å². The zero-order chi connectivity index (χ0) is 20.7. The summed E-state index contributed by atoms with van der Waals surface area (Å²) in [5.74, 6) is -0.589. The maximum absolute atomic E-state index is 11.6. The molecule has 0 aliphatic carbocycles. The molecule has 164 valence electrons. The molecule has 0 fully saturated rings. The van der Waals surface area contributed by atoms with Gasteiger partial charge in [0.1, 0.15) is 0 Å². The van der Waals surface area contributed by atoms with Crippen LogP contribution in [-0.2, 0) is 19.1 Å². The maximum Gasteiger partial charge on any atom is 0.330 e. The van der Waals surface area contributed by atoms with Gasteiger partial charge in [-0.1, -0.05) is 103 Å². The Hall–Kier alpha value is -1.32. The van der Waals surface area contributed by atoms with Crippen LogP contribution in [0.4, 0.5) is 0 Å². The summed E-state index contributed by atoms with van der Waals surface area (Å²) in [6.45, 7) is 6.16. The van der Waals surface area contributed by atoms with Gasteiger partial charge in [0.15, 0.2) is 0 Å². The van der Waals surface area contributed by atoms with E-state index in [4.69, 9.17) is 9.47 Å². The molecule has 4 nitrogen and oxygen atoms in total. The molecule has 4 heteroatoms. The highest BCUT2D eigenvalue weighted by molar-refractivity contribution is 5.81. The van der Waals surface area contributed by atoms with Crippen molar-refractivity contribution in [2.45, 2.75) is 116 Å². The van der Waals surface area contributed by atoms with E-state index in [0.29, 0.717) is 19.4 Å². The largest absolute Gasteiger partial charge is 0.466 e. The van der Waals surface area contributed by atoms with Gasteiger partial charge < -0.3 is 9.47 Å². The minimum atomic E-state index is -0.441. The average molecular weight is 397 g/mol. The molecule has 0 aromatic rings. The summed E-state index contributed by atoms with van der Waals surface area (Å²) in [7, 11) is 0. The molecular weight excluding hydrogens is 352 g/mol. The standard InChI is InChI=1S/C24H44O4/c1-3-5-6-7-8-9-10-11-12-13-14-15-16-17-18-20-24(26)28-22-19-21-27-23(25)4-2/h4H,2-3,5-22H2,1H3. The highest BCUT2D eigenvalue weighted by atomic mass is 16.5. The van der Waals surface area contributed by atoms with Crippen molar-refractivity contribution in [3.8, 4) is 0 Å². The topological polar surface area (TPSA) is 52.6 Å². The van der Waals surface area contributed by atoms with E-state index in [2.05, 4.69) is 13.5 Å². The first-order valence-electron chi connectivity index (χ1n) is 11.7. The fourth-order valence-corrected chi connectivity index (χ4v) is 3.19. The number of hydrogen-bond donors (Lipinski definition) is 0. The van der Waals surface area contributed by atoms with Gasteiger partial charge in [-0.05, 0) is 6.42 Å². The number of unbranched alkanes of at least 4 members (excludes halogenated alkanes) is 14. The van der Waals surface area contributed by atoms with E-state index < -0.39 is 5.97 Å². The molecule has 0 bridgehead atoms. The quantitative estimate of drug-likeness (QED) is 0.120. The van der Waals surface area contributed by atoms with Gasteiger partial charge in [-0.2, -0.15) is 0 Å². The zero-order valence-corrected chi connectivity index (χ0v) is 18.4. The molecule has 0 saturated heterocycles. The van der Waals surface area contributed by atoms with Crippen LogP contribution in [0.1, 0.15) is 116 Å². The van der Waals surface area contributed by atoms with Crippen molar-refractivity contribution >= 4 is 11.9 Å². The first-order valence-corrected chi connectivity index (χ1v) is 11.7. The predicted molar refractivity (Wildman–Crippen MR) is 116 cm³/mol. The van der Waals surface area contributed by atoms with Crippen LogP contribution >= 0.6 is 0 Å². The molecule has 0 rings (SSSR count). The van der Waals surface area contributed by atoms with Gasteiger partial charge >= 0.3 is 11.9 Å². The Kier molecular flexibility index (Phi) is 20.9. The van der Waals surface area contributed by atoms with E-state index in [0.717, 1.165) is 18.9 Å². The summed E-state index contributed by atoms with van der Waals surface area (Å²) in [6.07, 6.45) is 21.9. The van der Waals surface area contributed by atoms with Crippen molar-refractivity contribution in [3.63, 3.8) is 0 Å². The minimum absolute atomic E-state index is 0.148. The molecule has 0 unspecified atom stereocenters. The first kappa shape index (κ1) is 26.7. The van der Waals surface area contributed by atoms with Gasteiger partial charge in [-0.15, -0.1) is 0 Å². The Labute approximate surface area is 173 Å². The second-order valence-corrected chi connectivity index (χ2v) is 7.65. The molecule has 0 radical (unpaired) electrons. The van der Waals surface area contributed by atoms with Crippen LogP contribution in [0.2, 0.25) is 0 Å². The van der Waals surface area contributed by atoms with Crippen molar-refractivity contribution in [3.05, 3.63) is 12.7 Å². The van der Waals surface area contributed by atoms with Crippen molar-refractivity contribution in [2.24, 2.45) is 0 Å². The normalized spacial score (nSPS) is 10.6. The summed E-state index contributed by atoms with van der Waals surface area (Å²) in [5, 5.41) is 0. The summed E-state index contributed by atoms with van der Waals surface area (Å²) in [6, 6.07) is 0. The van der Waals surface area contributed by atoms with Crippen molar-refractivity contribution in [2.75, 3.05) is 13.2 Å². The van der Waals surface area contributed by atoms with Crippen LogP contribution in [-0.4, -0.2) is 25.2 Å². The van der Waals surface area contributed by atoms with E-state index in [9.17, 15) is 9.59 Å². The third kappa shape index (κ3) is 21.0. The molecule has 0 amide bonds. The van der Waals surface area contributed by atoms with E-state index in [1.807, 2.05) is 0 Å². The molecule has 28 heavy (non-hydrogen) atoms. The Morgan fingerprint density at radius 3 is 1.54 bits per heavy atom. The van der Waals surface area contributed by atoms with Crippen molar-refractivity contribution < 1.29 is 19.1 Å². The van der Waals surface area contributed by atoms with Crippen LogP contribution in [0.25, 0.3) is 0 Å². The van der Waals surface area contributed by atoms with Crippen LogP contribution < -0.4 is 0 Å². The lowest BCUT2D eigenvalue weighted by Crippen LogP contribution is -2.09. The van der Waals surface area contributed by atoms with E-state index >= 15 is 0 Å². The van der Waals surface area contributed by atoms with Crippen LogP contribution in [0, 0.1) is 0 Å². The Morgan fingerprint density at radius 2 is 1.07 bits per heavy atom. The second kappa shape index (κ2) is 22.0. The van der Waals surface area contributed by atoms with Crippen LogP contribution in [0.15, 0.2) is 12.7 Å². The fourth-order valence-electron chi connectivity index (χ4n) is 3.19. The molecular formula is C24H44O4. The highest BCUT2D eigenvalue weighted by Gasteiger charge is 2.03. The molecule has 0 atom stereocenters. The van der Waals surface area contributed by atoms with Crippen molar-refractivity contribution in [1.82, 2.24) is 0 Å². The lowest BCUT2D eigenvalue weighted by atomic mass is 10.0. The van der Waals surface area contributed by atoms with Crippen molar-refractivity contribution in [1.29, 1.82) is 0 Å². The Balaban J connectivity index is 3.17. The third-order valence-electron chi connectivity index (χ3n) is 4.95. The van der Waals surface area contributed by atoms with Gasteiger partial charge in [0.2, 0.25) is 0 Å². The van der Waals surface area contributed by atoms with Gasteiger partial charge in [0.25, 0.3) is 0 Å². The lowest BCUT2D eigenvalue weighted by Gasteiger charge is -2.05. The fraction of sp³-hybridized carbons (Fsp3) is 0.833. The van der Waals surface area contributed by atoms with E-state index in [-0.39, 0.29) is 12.6 Å². The smallest absolute Gasteiger partial charge is 0.330 e. The molecule has 0 spiro atoms. The minimum Gasteiger partial charge on any atom is -0.466 e.